The molecule has 0 bridgehead atoms. The maximum atomic E-state index is 5.66. The van der Waals surface area contributed by atoms with Crippen LogP contribution in [-0.4, -0.2) is 14.7 Å². The summed E-state index contributed by atoms with van der Waals surface area (Å²) in [5.74, 6) is 0. The van der Waals surface area contributed by atoms with E-state index in [4.69, 9.17) is 11.6 Å². The smallest absolute Gasteiger partial charge is 0.131 e. The molecule has 0 amide bonds. The molecule has 0 unspecified atom stereocenters. The molecule has 0 saturated heterocycles. The number of rotatable bonds is 0. The van der Waals surface area contributed by atoms with E-state index in [0.29, 0.717) is 5.15 Å². The van der Waals surface area contributed by atoms with Gasteiger partial charge in [0.2, 0.25) is 0 Å². The Morgan fingerprint density at radius 1 is 1.55 bits per heavy atom. The lowest BCUT2D eigenvalue weighted by atomic mass is 10.5. The Labute approximate surface area is 68.0 Å². The van der Waals surface area contributed by atoms with E-state index < -0.39 is 0 Å². The molecule has 2 aromatic rings. The van der Waals surface area contributed by atoms with Crippen LogP contribution in [-0.2, 0) is 7.05 Å². The van der Waals surface area contributed by atoms with E-state index in [1.165, 1.54) is 0 Å². The Bertz CT molecular complexity index is 394. The lowest BCUT2D eigenvalue weighted by Gasteiger charge is -1.84. The fraction of sp³-hybridized carbons (Fsp3) is 0.167. The quantitative estimate of drug-likeness (QED) is 0.529. The molecular weight excluding hydrogens is 164 g/mol. The highest BCUT2D eigenvalue weighted by molar-refractivity contribution is 6.29. The van der Waals surface area contributed by atoms with E-state index in [1.54, 1.807) is 21.6 Å². The molecule has 5 heteroatoms. The highest BCUT2D eigenvalue weighted by Crippen LogP contribution is 2.02. The second-order valence-electron chi connectivity index (χ2n) is 2.21. The molecule has 0 radical (unpaired) electrons. The molecule has 2 heterocycles. The van der Waals surface area contributed by atoms with Gasteiger partial charge in [-0.05, 0) is 11.2 Å². The van der Waals surface area contributed by atoms with Gasteiger partial charge in [0, 0.05) is 6.07 Å². The van der Waals surface area contributed by atoms with E-state index in [2.05, 4.69) is 10.2 Å². The second-order valence-corrected chi connectivity index (χ2v) is 2.60. The third-order valence-corrected chi connectivity index (χ3v) is 1.68. The van der Waals surface area contributed by atoms with E-state index in [9.17, 15) is 0 Å². The summed E-state index contributed by atoms with van der Waals surface area (Å²) >= 11 is 5.66. The molecule has 0 aliphatic rings. The summed E-state index contributed by atoms with van der Waals surface area (Å²) in [6.45, 7) is 0. The third-order valence-electron chi connectivity index (χ3n) is 1.47. The highest BCUT2D eigenvalue weighted by Gasteiger charge is 2.07. The fourth-order valence-corrected chi connectivity index (χ4v) is 1.08. The van der Waals surface area contributed by atoms with Crippen molar-refractivity contribution in [3.63, 3.8) is 0 Å². The fourth-order valence-electron chi connectivity index (χ4n) is 0.934. The topological polar surface area (TPSA) is 34.1 Å². The van der Waals surface area contributed by atoms with Crippen molar-refractivity contribution in [1.29, 1.82) is 0 Å². The third kappa shape index (κ3) is 0.952. The van der Waals surface area contributed by atoms with Gasteiger partial charge < -0.3 is 0 Å². The van der Waals surface area contributed by atoms with Crippen molar-refractivity contribution in [2.75, 3.05) is 0 Å². The molecule has 0 saturated carbocycles. The van der Waals surface area contributed by atoms with Gasteiger partial charge in [0.05, 0.1) is 0 Å². The van der Waals surface area contributed by atoms with Crippen LogP contribution in [0.1, 0.15) is 0 Å². The van der Waals surface area contributed by atoms with Crippen molar-refractivity contribution in [1.82, 2.24) is 14.7 Å². The normalized spacial score (nSPS) is 10.7. The maximum absolute atomic E-state index is 5.66. The number of hydrogen-bond acceptors (Lipinski definition) is 2. The summed E-state index contributed by atoms with van der Waals surface area (Å²) in [6.07, 6.45) is 1.61. The minimum Gasteiger partial charge on any atom is -0.131 e. The molecule has 0 spiro atoms. The standard InChI is InChI=1S/C6H6ClN4/c1-10-6-3-2-5(7)9-11(6)4-8-10/h2-4H,1H3/q+1. The molecule has 0 fully saturated rings. The van der Waals surface area contributed by atoms with Crippen molar-refractivity contribution in [3.8, 4) is 0 Å². The number of fused-ring (bicyclic) bond motifs is 1. The largest absolute Gasteiger partial charge is 0.329 e. The Hall–Kier alpha value is -1.16. The number of nitrogens with zero attached hydrogens (tertiary/aromatic N) is 4. The van der Waals surface area contributed by atoms with Crippen LogP contribution in [0.4, 0.5) is 0 Å². The molecule has 2 rings (SSSR count). The summed E-state index contributed by atoms with van der Waals surface area (Å²) in [6, 6.07) is 3.60. The Morgan fingerprint density at radius 2 is 2.36 bits per heavy atom. The van der Waals surface area contributed by atoms with Gasteiger partial charge in [-0.1, -0.05) is 21.2 Å². The molecular formula is C6H6ClN4+. The summed E-state index contributed by atoms with van der Waals surface area (Å²) in [7, 11) is 1.85. The first-order valence-electron chi connectivity index (χ1n) is 3.13. The highest BCUT2D eigenvalue weighted by atomic mass is 35.5. The van der Waals surface area contributed by atoms with Gasteiger partial charge in [-0.15, -0.1) is 4.68 Å². The van der Waals surface area contributed by atoms with Crippen LogP contribution >= 0.6 is 11.6 Å². The minimum atomic E-state index is 0.468. The zero-order chi connectivity index (χ0) is 7.84. The van der Waals surface area contributed by atoms with Gasteiger partial charge >= 0.3 is 5.65 Å². The maximum Gasteiger partial charge on any atom is 0.329 e. The predicted octanol–water partition coefficient (Wildman–Crippen LogP) is 0.207. The molecule has 11 heavy (non-hydrogen) atoms. The monoisotopic (exact) mass is 169 g/mol. The number of aromatic nitrogens is 4. The molecule has 0 aromatic carbocycles. The van der Waals surface area contributed by atoms with Crippen LogP contribution in [0.3, 0.4) is 0 Å². The molecule has 4 nitrogen and oxygen atoms in total. The van der Waals surface area contributed by atoms with Crippen LogP contribution in [0, 0.1) is 0 Å². The van der Waals surface area contributed by atoms with Crippen molar-refractivity contribution in [2.24, 2.45) is 7.05 Å². The van der Waals surface area contributed by atoms with Crippen molar-refractivity contribution < 1.29 is 4.68 Å². The van der Waals surface area contributed by atoms with E-state index in [1.807, 2.05) is 13.1 Å². The zero-order valence-corrected chi connectivity index (χ0v) is 6.65. The molecule has 0 N–H and O–H groups in total. The van der Waals surface area contributed by atoms with Gasteiger partial charge in [0.25, 0.3) is 6.33 Å². The Kier molecular flexibility index (Phi) is 1.29. The summed E-state index contributed by atoms with van der Waals surface area (Å²) in [4.78, 5) is 0. The van der Waals surface area contributed by atoms with Gasteiger partial charge in [-0.3, -0.25) is 0 Å². The molecule has 0 aliphatic carbocycles. The molecule has 2 aromatic heterocycles. The van der Waals surface area contributed by atoms with Crippen molar-refractivity contribution >= 4 is 17.2 Å². The van der Waals surface area contributed by atoms with Crippen LogP contribution in [0.5, 0.6) is 0 Å². The molecule has 56 valence electrons. The summed E-state index contributed by atoms with van der Waals surface area (Å²) < 4.78 is 3.35. The SMILES string of the molecule is C[n+]1ncn2nc(Cl)ccc21. The minimum absolute atomic E-state index is 0.468. The van der Waals surface area contributed by atoms with Crippen LogP contribution < -0.4 is 4.68 Å². The zero-order valence-electron chi connectivity index (χ0n) is 5.90. The Balaban J connectivity index is 2.86. The lowest BCUT2D eigenvalue weighted by molar-refractivity contribution is -0.704. The molecule has 0 aliphatic heterocycles. The first-order valence-corrected chi connectivity index (χ1v) is 3.51. The average Bonchev–Trinajstić information content (AvgIpc) is 2.32. The van der Waals surface area contributed by atoms with Crippen molar-refractivity contribution in [2.45, 2.75) is 0 Å². The number of hydrogen-bond donors (Lipinski definition) is 0. The first kappa shape index (κ1) is 6.54. The van der Waals surface area contributed by atoms with E-state index in [0.717, 1.165) is 5.65 Å². The van der Waals surface area contributed by atoms with Gasteiger partial charge in [0.15, 0.2) is 5.15 Å². The van der Waals surface area contributed by atoms with Crippen LogP contribution in [0.2, 0.25) is 5.15 Å². The number of halogens is 1. The average molecular weight is 170 g/mol. The van der Waals surface area contributed by atoms with Crippen LogP contribution in [0.25, 0.3) is 5.65 Å². The predicted molar refractivity (Wildman–Crippen MR) is 39.2 cm³/mol. The second kappa shape index (κ2) is 2.17. The lowest BCUT2D eigenvalue weighted by Crippen LogP contribution is -2.30. The molecule has 0 atom stereocenters. The summed E-state index contributed by atoms with van der Waals surface area (Å²) in [5.41, 5.74) is 0.911. The van der Waals surface area contributed by atoms with E-state index >= 15 is 0 Å². The first-order chi connectivity index (χ1) is 5.27. The van der Waals surface area contributed by atoms with Crippen LogP contribution in [0.15, 0.2) is 18.5 Å². The van der Waals surface area contributed by atoms with Crippen molar-refractivity contribution in [3.05, 3.63) is 23.6 Å². The van der Waals surface area contributed by atoms with Gasteiger partial charge in [0.1, 0.15) is 7.05 Å². The number of aryl methyl sites for hydroxylation is 1. The van der Waals surface area contributed by atoms with Gasteiger partial charge in [-0.25, -0.2) is 0 Å². The summed E-state index contributed by atoms with van der Waals surface area (Å²) in [5, 5.41) is 8.46. The van der Waals surface area contributed by atoms with E-state index in [-0.39, 0.29) is 0 Å². The van der Waals surface area contributed by atoms with Gasteiger partial charge in [-0.2, -0.15) is 0 Å². The Morgan fingerprint density at radius 3 is 3.18 bits per heavy atom.